The van der Waals surface area contributed by atoms with Crippen molar-refractivity contribution in [3.63, 3.8) is 0 Å². The number of guanidine groups is 1. The Bertz CT molecular complexity index is 464. The molecule has 3 N–H and O–H groups in total. The van der Waals surface area contributed by atoms with E-state index >= 15 is 0 Å². The number of methoxy groups -OCH3 is 1. The van der Waals surface area contributed by atoms with E-state index < -0.39 is 0 Å². The first kappa shape index (κ1) is 18.1. The van der Waals surface area contributed by atoms with Gasteiger partial charge in [-0.15, -0.1) is 29.1 Å². The Kier molecular flexibility index (Phi) is 7.32. The molecule has 0 spiro atoms. The molecule has 0 radical (unpaired) electrons. The van der Waals surface area contributed by atoms with Crippen molar-refractivity contribution in [1.82, 2.24) is 20.3 Å². The molecule has 2 heterocycles. The average molecular weight is 410 g/mol. The maximum atomic E-state index is 5.74. The second-order valence-corrected chi connectivity index (χ2v) is 5.07. The summed E-state index contributed by atoms with van der Waals surface area (Å²) in [5.41, 5.74) is 6.50. The Morgan fingerprint density at radius 2 is 2.38 bits per heavy atom. The van der Waals surface area contributed by atoms with Crippen LogP contribution in [0.15, 0.2) is 11.2 Å². The lowest BCUT2D eigenvalue weighted by Gasteiger charge is -2.15. The minimum atomic E-state index is 0. The average Bonchev–Trinajstić information content (AvgIpc) is 3.03. The fourth-order valence-electron chi connectivity index (χ4n) is 2.05. The zero-order chi connectivity index (χ0) is 14.5. The molecule has 1 aromatic rings. The van der Waals surface area contributed by atoms with Crippen LogP contribution in [0, 0.1) is 0 Å². The molecule has 0 aromatic carbocycles. The van der Waals surface area contributed by atoms with Gasteiger partial charge < -0.3 is 20.5 Å². The fourth-order valence-corrected chi connectivity index (χ4v) is 2.05. The molecule has 8 nitrogen and oxygen atoms in total. The van der Waals surface area contributed by atoms with Crippen LogP contribution in [-0.2, 0) is 16.0 Å². The molecule has 1 fully saturated rings. The second kappa shape index (κ2) is 8.49. The highest BCUT2D eigenvalue weighted by Gasteiger charge is 2.30. The molecule has 1 saturated heterocycles. The predicted molar refractivity (Wildman–Crippen MR) is 89.7 cm³/mol. The number of nitrogens with two attached hydrogens (primary N) is 1. The molecule has 0 aliphatic carbocycles. The zero-order valence-electron chi connectivity index (χ0n) is 12.5. The van der Waals surface area contributed by atoms with Crippen molar-refractivity contribution in [3.8, 4) is 0 Å². The summed E-state index contributed by atoms with van der Waals surface area (Å²) >= 11 is 0. The highest BCUT2D eigenvalue weighted by Crippen LogP contribution is 2.21. The summed E-state index contributed by atoms with van der Waals surface area (Å²) in [7, 11) is 1.67. The van der Waals surface area contributed by atoms with Crippen LogP contribution in [0.1, 0.15) is 25.6 Å². The fraction of sp³-hybridized carbons (Fsp3) is 0.750. The number of aromatic nitrogens is 3. The van der Waals surface area contributed by atoms with Gasteiger partial charge in [0.15, 0.2) is 5.96 Å². The van der Waals surface area contributed by atoms with Gasteiger partial charge in [0, 0.05) is 13.2 Å². The summed E-state index contributed by atoms with van der Waals surface area (Å²) in [6, 6.07) is 0.323. The van der Waals surface area contributed by atoms with Crippen molar-refractivity contribution in [2.45, 2.75) is 38.6 Å². The van der Waals surface area contributed by atoms with E-state index in [0.29, 0.717) is 25.7 Å². The van der Waals surface area contributed by atoms with Crippen LogP contribution in [-0.4, -0.2) is 53.4 Å². The Balaban J connectivity index is 0.00000220. The van der Waals surface area contributed by atoms with E-state index in [4.69, 9.17) is 15.2 Å². The molecule has 0 saturated carbocycles. The standard InChI is InChI=1S/C12H22N6O2.HI/c1-8(2)15-12(13)14-4-9-5-18(17-16-9)10-6-20-7-11(10)19-3;/h5,8,10-11H,4,6-7H2,1-3H3,(H3,13,14,15);1H/t10-,11-;/m1./s1. The number of halogens is 1. The van der Waals surface area contributed by atoms with Crippen molar-refractivity contribution in [2.75, 3.05) is 20.3 Å². The van der Waals surface area contributed by atoms with Crippen LogP contribution in [0.2, 0.25) is 0 Å². The van der Waals surface area contributed by atoms with E-state index in [0.717, 1.165) is 5.69 Å². The van der Waals surface area contributed by atoms with Crippen molar-refractivity contribution >= 4 is 29.9 Å². The first-order valence-electron chi connectivity index (χ1n) is 6.68. The third kappa shape index (κ3) is 5.08. The maximum Gasteiger partial charge on any atom is 0.189 e. The van der Waals surface area contributed by atoms with Crippen LogP contribution in [0.3, 0.4) is 0 Å². The first-order valence-corrected chi connectivity index (χ1v) is 6.68. The summed E-state index contributed by atoms with van der Waals surface area (Å²) in [5.74, 6) is 0.411. The molecule has 9 heteroatoms. The number of nitrogens with zero attached hydrogens (tertiary/aromatic N) is 4. The van der Waals surface area contributed by atoms with Gasteiger partial charge in [-0.25, -0.2) is 9.67 Å². The van der Waals surface area contributed by atoms with Crippen molar-refractivity contribution < 1.29 is 9.47 Å². The van der Waals surface area contributed by atoms with Gasteiger partial charge in [0.2, 0.25) is 0 Å². The molecule has 1 aliphatic rings. The van der Waals surface area contributed by atoms with Crippen LogP contribution in [0.5, 0.6) is 0 Å². The van der Waals surface area contributed by atoms with Crippen molar-refractivity contribution in [2.24, 2.45) is 10.7 Å². The van der Waals surface area contributed by atoms with Gasteiger partial charge in [0.1, 0.15) is 17.8 Å². The Labute approximate surface area is 141 Å². The molecular weight excluding hydrogens is 387 g/mol. The smallest absolute Gasteiger partial charge is 0.189 e. The minimum Gasteiger partial charge on any atom is -0.377 e. The van der Waals surface area contributed by atoms with E-state index in [-0.39, 0.29) is 42.2 Å². The van der Waals surface area contributed by atoms with Gasteiger partial charge >= 0.3 is 0 Å². The van der Waals surface area contributed by atoms with Crippen molar-refractivity contribution in [3.05, 3.63) is 11.9 Å². The van der Waals surface area contributed by atoms with E-state index in [9.17, 15) is 0 Å². The van der Waals surface area contributed by atoms with Crippen LogP contribution >= 0.6 is 24.0 Å². The number of hydrogen-bond donors (Lipinski definition) is 2. The Morgan fingerprint density at radius 1 is 1.62 bits per heavy atom. The molecule has 1 aromatic heterocycles. The molecule has 0 unspecified atom stereocenters. The second-order valence-electron chi connectivity index (χ2n) is 5.07. The molecule has 2 rings (SSSR count). The van der Waals surface area contributed by atoms with Crippen LogP contribution < -0.4 is 11.1 Å². The molecule has 21 heavy (non-hydrogen) atoms. The topological polar surface area (TPSA) is 99.6 Å². The Hall–Kier alpha value is -0.940. The summed E-state index contributed by atoms with van der Waals surface area (Å²) in [5, 5.41) is 11.2. The molecule has 0 bridgehead atoms. The summed E-state index contributed by atoms with van der Waals surface area (Å²) in [6.07, 6.45) is 1.87. The zero-order valence-corrected chi connectivity index (χ0v) is 14.9. The number of nitrogens with one attached hydrogen (secondary N) is 1. The minimum absolute atomic E-state index is 0. The lowest BCUT2D eigenvalue weighted by molar-refractivity contribution is 0.0661. The maximum absolute atomic E-state index is 5.74. The highest BCUT2D eigenvalue weighted by atomic mass is 127. The molecule has 1 aliphatic heterocycles. The summed E-state index contributed by atoms with van der Waals surface area (Å²) in [6.45, 7) is 5.57. The van der Waals surface area contributed by atoms with E-state index in [1.165, 1.54) is 0 Å². The van der Waals surface area contributed by atoms with E-state index in [1.807, 2.05) is 20.0 Å². The van der Waals surface area contributed by atoms with Gasteiger partial charge in [0.25, 0.3) is 0 Å². The molecule has 120 valence electrons. The van der Waals surface area contributed by atoms with Crippen molar-refractivity contribution in [1.29, 1.82) is 0 Å². The Morgan fingerprint density at radius 3 is 3.05 bits per heavy atom. The molecular formula is C12H23IN6O2. The first-order chi connectivity index (χ1) is 9.60. The van der Waals surface area contributed by atoms with Crippen LogP contribution in [0.25, 0.3) is 0 Å². The number of ether oxygens (including phenoxy) is 2. The van der Waals surface area contributed by atoms with E-state index in [2.05, 4.69) is 20.6 Å². The molecule has 0 amide bonds. The van der Waals surface area contributed by atoms with E-state index in [1.54, 1.807) is 11.8 Å². The van der Waals surface area contributed by atoms with Gasteiger partial charge in [0.05, 0.1) is 26.0 Å². The third-order valence-electron chi connectivity index (χ3n) is 3.05. The van der Waals surface area contributed by atoms with Crippen LogP contribution in [0.4, 0.5) is 0 Å². The predicted octanol–water partition coefficient (Wildman–Crippen LogP) is 0.295. The highest BCUT2D eigenvalue weighted by molar-refractivity contribution is 14.0. The van der Waals surface area contributed by atoms with Gasteiger partial charge in [-0.1, -0.05) is 5.21 Å². The van der Waals surface area contributed by atoms with Gasteiger partial charge in [-0.2, -0.15) is 0 Å². The normalized spacial score (nSPS) is 22.4. The largest absolute Gasteiger partial charge is 0.377 e. The lowest BCUT2D eigenvalue weighted by atomic mass is 10.2. The number of hydrogen-bond acceptors (Lipinski definition) is 5. The lowest BCUT2D eigenvalue weighted by Crippen LogP contribution is -2.36. The SMILES string of the molecule is CO[C@@H]1COC[C@H]1n1cc(CN=C(N)NC(C)C)nn1.I. The van der Waals surface area contributed by atoms with Gasteiger partial charge in [-0.3, -0.25) is 0 Å². The quantitative estimate of drug-likeness (QED) is 0.412. The summed E-state index contributed by atoms with van der Waals surface area (Å²) < 4.78 is 12.5. The van der Waals surface area contributed by atoms with Gasteiger partial charge in [-0.05, 0) is 13.8 Å². The number of aliphatic imine (C=N–C) groups is 1. The third-order valence-corrected chi connectivity index (χ3v) is 3.05. The monoisotopic (exact) mass is 410 g/mol. The summed E-state index contributed by atoms with van der Waals surface area (Å²) in [4.78, 5) is 4.22. The molecule has 2 atom stereocenters. The number of rotatable bonds is 5.